The number of likely N-dealkylation sites (N-methyl/N-ethyl adjacent to an activating group) is 1. The van der Waals surface area contributed by atoms with E-state index in [0.717, 1.165) is 10.1 Å². The number of aliphatic hydroxyl groups is 1. The molecule has 2 heterocycles. The molecule has 0 radical (unpaired) electrons. The fourth-order valence-corrected chi connectivity index (χ4v) is 4.84. The number of nitrogens with zero attached hydrogens (tertiary/aromatic N) is 1. The Morgan fingerprint density at radius 3 is 2.76 bits per heavy atom. The number of aliphatic hydroxyl groups excluding tert-OH is 1. The molecule has 1 aliphatic heterocycles. The average molecular weight is 528 g/mol. The number of fused-ring (bicyclic) bond motifs is 1. The van der Waals surface area contributed by atoms with Gasteiger partial charge in [0, 0.05) is 38.8 Å². The van der Waals surface area contributed by atoms with E-state index in [1.807, 2.05) is 24.1 Å². The fraction of sp³-hybridized carbons (Fsp3) is 0.286. The number of aromatic hydroxyl groups is 2. The minimum atomic E-state index is -0.429. The molecule has 4 rings (SSSR count). The highest BCUT2D eigenvalue weighted by atomic mass is 127. The molecule has 0 amide bonds. The second-order valence-corrected chi connectivity index (χ2v) is 8.77. The fourth-order valence-electron chi connectivity index (χ4n) is 4.12. The predicted octanol–water partition coefficient (Wildman–Crippen LogP) is 3.91. The molecule has 3 aromatic rings. The zero-order valence-electron chi connectivity index (χ0n) is 15.5. The SMILES string of the molecule is CN1CC[C@@H](c2c(O)cc(O)c3c(=O)cc(-c4cccc(I)c4Cl)oc23)[C@@H]1CO. The molecule has 0 spiro atoms. The summed E-state index contributed by atoms with van der Waals surface area (Å²) in [7, 11) is 1.90. The first-order chi connectivity index (χ1) is 13.8. The van der Waals surface area contributed by atoms with Crippen molar-refractivity contribution in [3.8, 4) is 22.8 Å². The van der Waals surface area contributed by atoms with Gasteiger partial charge in [-0.25, -0.2) is 0 Å². The highest BCUT2D eigenvalue weighted by Crippen LogP contribution is 2.44. The molecule has 3 N–H and O–H groups in total. The number of rotatable bonds is 3. The first kappa shape index (κ1) is 20.5. The van der Waals surface area contributed by atoms with E-state index in [0.29, 0.717) is 22.6 Å². The van der Waals surface area contributed by atoms with Gasteiger partial charge in [-0.2, -0.15) is 0 Å². The third-order valence-electron chi connectivity index (χ3n) is 5.60. The van der Waals surface area contributed by atoms with Gasteiger partial charge in [-0.3, -0.25) is 4.79 Å². The molecule has 1 fully saturated rings. The van der Waals surface area contributed by atoms with Crippen LogP contribution in [0, 0.1) is 3.57 Å². The Labute approximate surface area is 185 Å². The van der Waals surface area contributed by atoms with E-state index in [-0.39, 0.29) is 46.8 Å². The summed E-state index contributed by atoms with van der Waals surface area (Å²) in [6.07, 6.45) is 0.674. The van der Waals surface area contributed by atoms with Crippen molar-refractivity contribution < 1.29 is 19.7 Å². The molecule has 0 bridgehead atoms. The Morgan fingerprint density at radius 1 is 1.28 bits per heavy atom. The van der Waals surface area contributed by atoms with Gasteiger partial charge in [-0.1, -0.05) is 17.7 Å². The number of phenols is 2. The van der Waals surface area contributed by atoms with Gasteiger partial charge in [0.25, 0.3) is 0 Å². The average Bonchev–Trinajstić information content (AvgIpc) is 3.03. The van der Waals surface area contributed by atoms with E-state index in [9.17, 15) is 20.1 Å². The van der Waals surface area contributed by atoms with Crippen molar-refractivity contribution in [1.82, 2.24) is 4.90 Å². The van der Waals surface area contributed by atoms with Crippen LogP contribution >= 0.6 is 34.2 Å². The zero-order valence-corrected chi connectivity index (χ0v) is 18.4. The molecule has 6 nitrogen and oxygen atoms in total. The molecule has 0 aliphatic carbocycles. The summed E-state index contributed by atoms with van der Waals surface area (Å²) in [6, 6.07) is 7.63. The lowest BCUT2D eigenvalue weighted by molar-refractivity contribution is 0.172. The van der Waals surface area contributed by atoms with Crippen molar-refractivity contribution in [3.05, 3.63) is 54.7 Å². The lowest BCUT2D eigenvalue weighted by atomic mass is 9.89. The molecular weight excluding hydrogens is 509 g/mol. The van der Waals surface area contributed by atoms with E-state index in [1.54, 1.807) is 6.07 Å². The van der Waals surface area contributed by atoms with Crippen LogP contribution in [0.25, 0.3) is 22.3 Å². The van der Waals surface area contributed by atoms with Crippen LogP contribution in [-0.4, -0.2) is 46.5 Å². The molecule has 0 saturated carbocycles. The molecule has 1 aliphatic rings. The van der Waals surface area contributed by atoms with Crippen LogP contribution in [0.3, 0.4) is 0 Å². The van der Waals surface area contributed by atoms with Gasteiger partial charge in [0.05, 0.1) is 11.6 Å². The molecule has 8 heteroatoms. The highest BCUT2D eigenvalue weighted by molar-refractivity contribution is 14.1. The maximum absolute atomic E-state index is 12.9. The van der Waals surface area contributed by atoms with E-state index in [1.165, 1.54) is 12.1 Å². The van der Waals surface area contributed by atoms with Crippen LogP contribution in [0.5, 0.6) is 11.5 Å². The summed E-state index contributed by atoms with van der Waals surface area (Å²) in [5, 5.41) is 31.3. The first-order valence-corrected chi connectivity index (χ1v) is 10.6. The summed E-state index contributed by atoms with van der Waals surface area (Å²) in [5.41, 5.74) is 0.663. The first-order valence-electron chi connectivity index (χ1n) is 9.11. The van der Waals surface area contributed by atoms with Crippen LogP contribution in [-0.2, 0) is 0 Å². The lowest BCUT2D eigenvalue weighted by Gasteiger charge is -2.24. The van der Waals surface area contributed by atoms with Gasteiger partial charge in [-0.05, 0) is 54.7 Å². The Hall–Kier alpha value is -1.81. The van der Waals surface area contributed by atoms with Crippen LogP contribution in [0.15, 0.2) is 39.5 Å². The molecular formula is C21H19ClINO5. The standard InChI is InChI=1S/C21H19ClINO5/c1-24-6-5-10(13(24)9-25)18-14(26)7-15(27)19-16(28)8-17(29-21(18)19)11-3-2-4-12(23)20(11)22/h2-4,7-8,10,13,25-27H,5-6,9H2,1H3/t10-,13+/m1/s1. The van der Waals surface area contributed by atoms with Crippen molar-refractivity contribution in [2.24, 2.45) is 0 Å². The summed E-state index contributed by atoms with van der Waals surface area (Å²) < 4.78 is 6.90. The second kappa shape index (κ2) is 7.79. The monoisotopic (exact) mass is 527 g/mol. The summed E-state index contributed by atoms with van der Waals surface area (Å²) >= 11 is 8.51. The number of phenolic OH excluding ortho intramolecular Hbond substituents is 2. The molecule has 0 unspecified atom stereocenters. The van der Waals surface area contributed by atoms with Crippen molar-refractivity contribution in [2.75, 3.05) is 20.2 Å². The third-order valence-corrected chi connectivity index (χ3v) is 7.22. The second-order valence-electron chi connectivity index (χ2n) is 7.23. The molecule has 1 aromatic heterocycles. The van der Waals surface area contributed by atoms with Gasteiger partial charge < -0.3 is 24.6 Å². The minimum absolute atomic E-state index is 0.00884. The van der Waals surface area contributed by atoms with Crippen LogP contribution in [0.4, 0.5) is 0 Å². The van der Waals surface area contributed by atoms with E-state index >= 15 is 0 Å². The number of benzene rings is 2. The van der Waals surface area contributed by atoms with E-state index in [2.05, 4.69) is 22.6 Å². The minimum Gasteiger partial charge on any atom is -0.507 e. The smallest absolute Gasteiger partial charge is 0.197 e. The molecule has 29 heavy (non-hydrogen) atoms. The number of likely N-dealkylation sites (tertiary alicyclic amines) is 1. The normalized spacial score (nSPS) is 19.9. The number of halogens is 2. The number of hydrogen-bond acceptors (Lipinski definition) is 6. The Bertz CT molecular complexity index is 1160. The van der Waals surface area contributed by atoms with Gasteiger partial charge in [0.2, 0.25) is 0 Å². The van der Waals surface area contributed by atoms with Crippen molar-refractivity contribution in [3.63, 3.8) is 0 Å². The van der Waals surface area contributed by atoms with Gasteiger partial charge in [-0.15, -0.1) is 0 Å². The molecule has 2 atom stereocenters. The van der Waals surface area contributed by atoms with E-state index in [4.69, 9.17) is 16.0 Å². The van der Waals surface area contributed by atoms with Crippen molar-refractivity contribution in [2.45, 2.75) is 18.4 Å². The molecule has 152 valence electrons. The lowest BCUT2D eigenvalue weighted by Crippen LogP contribution is -2.32. The summed E-state index contributed by atoms with van der Waals surface area (Å²) in [6.45, 7) is 0.625. The quantitative estimate of drug-likeness (QED) is 0.447. The maximum Gasteiger partial charge on any atom is 0.197 e. The molecule has 1 saturated heterocycles. The largest absolute Gasteiger partial charge is 0.507 e. The van der Waals surface area contributed by atoms with Gasteiger partial charge in [0.15, 0.2) is 5.43 Å². The summed E-state index contributed by atoms with van der Waals surface area (Å²) in [5.74, 6) is -0.507. The summed E-state index contributed by atoms with van der Waals surface area (Å²) in [4.78, 5) is 14.9. The van der Waals surface area contributed by atoms with Crippen molar-refractivity contribution >= 4 is 45.2 Å². The number of hydrogen-bond donors (Lipinski definition) is 3. The Morgan fingerprint density at radius 2 is 2.03 bits per heavy atom. The van der Waals surface area contributed by atoms with Crippen molar-refractivity contribution in [1.29, 1.82) is 0 Å². The zero-order chi connectivity index (χ0) is 20.9. The van der Waals surface area contributed by atoms with Crippen LogP contribution in [0.1, 0.15) is 17.9 Å². The van der Waals surface area contributed by atoms with Crippen LogP contribution in [0.2, 0.25) is 5.02 Å². The van der Waals surface area contributed by atoms with Crippen LogP contribution < -0.4 is 5.43 Å². The van der Waals surface area contributed by atoms with E-state index < -0.39 is 5.43 Å². The van der Waals surface area contributed by atoms with Gasteiger partial charge in [0.1, 0.15) is 28.2 Å². The highest BCUT2D eigenvalue weighted by Gasteiger charge is 2.36. The maximum atomic E-state index is 12.9. The molecule has 2 aromatic carbocycles. The van der Waals surface area contributed by atoms with Gasteiger partial charge >= 0.3 is 0 Å². The topological polar surface area (TPSA) is 94.1 Å². The third kappa shape index (κ3) is 3.39. The Balaban J connectivity index is 2.03. The Kier molecular flexibility index (Phi) is 5.50. The predicted molar refractivity (Wildman–Crippen MR) is 120 cm³/mol.